The van der Waals surface area contributed by atoms with Crippen LogP contribution >= 0.6 is 0 Å². The van der Waals surface area contributed by atoms with Gasteiger partial charge >= 0.3 is 5.97 Å². The Morgan fingerprint density at radius 1 is 1.25 bits per heavy atom. The van der Waals surface area contributed by atoms with Gasteiger partial charge in [0.2, 0.25) is 0 Å². The summed E-state index contributed by atoms with van der Waals surface area (Å²) < 4.78 is 10.5. The van der Waals surface area contributed by atoms with E-state index in [1.807, 2.05) is 19.1 Å². The highest BCUT2D eigenvalue weighted by Crippen LogP contribution is 2.28. The van der Waals surface area contributed by atoms with E-state index >= 15 is 0 Å². The summed E-state index contributed by atoms with van der Waals surface area (Å²) in [6.45, 7) is 1.53. The van der Waals surface area contributed by atoms with Crippen LogP contribution in [0.4, 0.5) is 0 Å². The lowest BCUT2D eigenvalue weighted by Gasteiger charge is -2.39. The van der Waals surface area contributed by atoms with Crippen molar-refractivity contribution in [2.45, 2.75) is 50.2 Å². The first-order valence-corrected chi connectivity index (χ1v) is 7.66. The number of aryl methyl sites for hydroxylation is 1. The molecule has 0 radical (unpaired) electrons. The fraction of sp³-hybridized carbons (Fsp3) is 0.562. The first-order valence-electron chi connectivity index (χ1n) is 7.66. The molecule has 1 unspecified atom stereocenters. The number of hydrogen-bond acceptors (Lipinski definition) is 7. The van der Waals surface area contributed by atoms with Crippen LogP contribution in [0.5, 0.6) is 0 Å². The van der Waals surface area contributed by atoms with Gasteiger partial charge in [0.25, 0.3) is 0 Å². The second-order valence-electron chi connectivity index (χ2n) is 5.64. The number of benzene rings is 1. The standard InChI is InChI=1S/C16H22O8/c1-2-8-4-3-5-9(6-8)10(7-17)23-16-13(20)11(18)12(19)14(24-16)15(21)22/h3-6,10-14,16-20H,2,7H2,1H3,(H,21,22)/t10-,11-,12-,13+,14-,16?/m0/s1. The number of aliphatic carboxylic acids is 1. The number of aliphatic hydroxyl groups is 4. The highest BCUT2D eigenvalue weighted by Gasteiger charge is 2.48. The Bertz CT molecular complexity index is 563. The Balaban J connectivity index is 2.17. The van der Waals surface area contributed by atoms with Crippen molar-refractivity contribution in [3.05, 3.63) is 35.4 Å². The summed E-state index contributed by atoms with van der Waals surface area (Å²) in [5.41, 5.74) is 1.64. The predicted octanol–water partition coefficient (Wildman–Crippen LogP) is -0.809. The van der Waals surface area contributed by atoms with Crippen molar-refractivity contribution in [1.82, 2.24) is 0 Å². The number of aliphatic hydroxyl groups excluding tert-OH is 4. The van der Waals surface area contributed by atoms with Crippen molar-refractivity contribution >= 4 is 5.97 Å². The fourth-order valence-electron chi connectivity index (χ4n) is 2.57. The van der Waals surface area contributed by atoms with Gasteiger partial charge in [-0.05, 0) is 17.5 Å². The van der Waals surface area contributed by atoms with Gasteiger partial charge < -0.3 is 35.0 Å². The minimum absolute atomic E-state index is 0.434. The fourth-order valence-corrected chi connectivity index (χ4v) is 2.57. The Labute approximate surface area is 138 Å². The smallest absolute Gasteiger partial charge is 0.335 e. The molecule has 1 aromatic carbocycles. The number of carboxylic acid groups (broad SMARTS) is 1. The summed E-state index contributed by atoms with van der Waals surface area (Å²) in [4.78, 5) is 11.1. The van der Waals surface area contributed by atoms with E-state index in [4.69, 9.17) is 14.6 Å². The summed E-state index contributed by atoms with van der Waals surface area (Å²) in [6, 6.07) is 7.23. The topological polar surface area (TPSA) is 137 Å². The molecule has 1 heterocycles. The Kier molecular flexibility index (Phi) is 6.27. The molecule has 8 heteroatoms. The van der Waals surface area contributed by atoms with Crippen LogP contribution in [-0.2, 0) is 20.7 Å². The van der Waals surface area contributed by atoms with E-state index in [0.717, 1.165) is 12.0 Å². The number of hydrogen-bond donors (Lipinski definition) is 5. The van der Waals surface area contributed by atoms with Crippen LogP contribution in [0.15, 0.2) is 24.3 Å². The molecular weight excluding hydrogens is 320 g/mol. The molecule has 5 N–H and O–H groups in total. The minimum Gasteiger partial charge on any atom is -0.479 e. The van der Waals surface area contributed by atoms with Crippen molar-refractivity contribution in [3.8, 4) is 0 Å². The van der Waals surface area contributed by atoms with Gasteiger partial charge in [-0.2, -0.15) is 0 Å². The normalized spacial score (nSPS) is 31.6. The van der Waals surface area contributed by atoms with Gasteiger partial charge in [0.1, 0.15) is 24.4 Å². The molecule has 0 bridgehead atoms. The molecule has 1 saturated heterocycles. The maximum atomic E-state index is 11.1. The zero-order valence-electron chi connectivity index (χ0n) is 13.1. The molecule has 134 valence electrons. The average Bonchev–Trinajstić information content (AvgIpc) is 2.59. The maximum Gasteiger partial charge on any atom is 0.335 e. The van der Waals surface area contributed by atoms with Gasteiger partial charge in [-0.1, -0.05) is 31.2 Å². The summed E-state index contributed by atoms with van der Waals surface area (Å²) in [5, 5.41) is 48.0. The third-order valence-corrected chi connectivity index (χ3v) is 4.01. The largest absolute Gasteiger partial charge is 0.479 e. The van der Waals surface area contributed by atoms with E-state index in [1.165, 1.54) is 0 Å². The lowest BCUT2D eigenvalue weighted by atomic mass is 9.98. The van der Waals surface area contributed by atoms with Crippen molar-refractivity contribution in [2.24, 2.45) is 0 Å². The molecule has 24 heavy (non-hydrogen) atoms. The van der Waals surface area contributed by atoms with Crippen LogP contribution < -0.4 is 0 Å². The molecule has 1 aromatic rings. The average molecular weight is 342 g/mol. The summed E-state index contributed by atoms with van der Waals surface area (Å²) in [7, 11) is 0. The zero-order valence-corrected chi connectivity index (χ0v) is 13.1. The Morgan fingerprint density at radius 3 is 2.54 bits per heavy atom. The first kappa shape index (κ1) is 18.8. The van der Waals surface area contributed by atoms with Gasteiger partial charge in [0.15, 0.2) is 12.4 Å². The lowest BCUT2D eigenvalue weighted by Crippen LogP contribution is -2.60. The summed E-state index contributed by atoms with van der Waals surface area (Å²) >= 11 is 0. The summed E-state index contributed by atoms with van der Waals surface area (Å²) in [5.74, 6) is -1.49. The van der Waals surface area contributed by atoms with Crippen LogP contribution in [0.2, 0.25) is 0 Å². The van der Waals surface area contributed by atoms with E-state index in [2.05, 4.69) is 0 Å². The molecule has 6 atom stereocenters. The van der Waals surface area contributed by atoms with Crippen LogP contribution in [-0.4, -0.2) is 68.8 Å². The number of carboxylic acids is 1. The van der Waals surface area contributed by atoms with Gasteiger partial charge in [-0.3, -0.25) is 0 Å². The van der Waals surface area contributed by atoms with E-state index in [0.29, 0.717) is 5.56 Å². The SMILES string of the molecule is CCc1cccc([C@H](CO)OC2O[C@H](C(=O)O)[C@@H](O)[C@H](O)[C@H]2O)c1. The molecule has 8 nitrogen and oxygen atoms in total. The van der Waals surface area contributed by atoms with Gasteiger partial charge in [-0.15, -0.1) is 0 Å². The van der Waals surface area contributed by atoms with Crippen molar-refractivity contribution < 1.29 is 39.8 Å². The maximum absolute atomic E-state index is 11.1. The van der Waals surface area contributed by atoms with Crippen LogP contribution in [0.25, 0.3) is 0 Å². The molecule has 0 saturated carbocycles. The lowest BCUT2D eigenvalue weighted by molar-refractivity contribution is -0.307. The molecule has 1 fully saturated rings. The van der Waals surface area contributed by atoms with Crippen molar-refractivity contribution in [1.29, 1.82) is 0 Å². The van der Waals surface area contributed by atoms with E-state index in [1.54, 1.807) is 12.1 Å². The molecule has 0 amide bonds. The van der Waals surface area contributed by atoms with Gasteiger partial charge in [0.05, 0.1) is 6.61 Å². The third-order valence-electron chi connectivity index (χ3n) is 4.01. The second-order valence-corrected chi connectivity index (χ2v) is 5.64. The minimum atomic E-state index is -1.78. The molecule has 1 aliphatic heterocycles. The molecule has 2 rings (SSSR count). The van der Waals surface area contributed by atoms with Crippen molar-refractivity contribution in [2.75, 3.05) is 6.61 Å². The van der Waals surface area contributed by atoms with Crippen LogP contribution in [0.3, 0.4) is 0 Å². The third kappa shape index (κ3) is 3.92. The predicted molar refractivity (Wildman–Crippen MR) is 81.0 cm³/mol. The van der Waals surface area contributed by atoms with Crippen LogP contribution in [0.1, 0.15) is 24.2 Å². The first-order chi connectivity index (χ1) is 11.4. The number of ether oxygens (including phenoxy) is 2. The monoisotopic (exact) mass is 342 g/mol. The molecule has 1 aliphatic rings. The van der Waals surface area contributed by atoms with E-state index in [-0.39, 0.29) is 0 Å². The van der Waals surface area contributed by atoms with Gasteiger partial charge in [-0.25, -0.2) is 4.79 Å². The van der Waals surface area contributed by atoms with E-state index < -0.39 is 49.4 Å². The quantitative estimate of drug-likeness (QED) is 0.453. The highest BCUT2D eigenvalue weighted by atomic mass is 16.7. The number of rotatable bonds is 6. The molecule has 0 aromatic heterocycles. The van der Waals surface area contributed by atoms with Crippen LogP contribution in [0, 0.1) is 0 Å². The van der Waals surface area contributed by atoms with Gasteiger partial charge in [0, 0.05) is 0 Å². The molecule has 0 aliphatic carbocycles. The van der Waals surface area contributed by atoms with Crippen molar-refractivity contribution in [3.63, 3.8) is 0 Å². The molecule has 0 spiro atoms. The summed E-state index contributed by atoms with van der Waals surface area (Å²) in [6.07, 6.45) is -8.53. The Morgan fingerprint density at radius 2 is 1.96 bits per heavy atom. The second kappa shape index (κ2) is 8.02. The number of carbonyl (C=O) groups is 1. The molecular formula is C16H22O8. The van der Waals surface area contributed by atoms with E-state index in [9.17, 15) is 25.2 Å². The Hall–Kier alpha value is -1.55. The zero-order chi connectivity index (χ0) is 17.9. The highest BCUT2D eigenvalue weighted by molar-refractivity contribution is 5.73.